The second-order valence-electron chi connectivity index (χ2n) is 3.52. The zero-order valence-electron chi connectivity index (χ0n) is 9.24. The number of aliphatic carboxylic acids is 1. The SMILES string of the molecule is Cn1ccnc1NCc1cn(CC(=O)O)nn1. The van der Waals surface area contributed by atoms with E-state index in [1.54, 1.807) is 12.4 Å². The lowest BCUT2D eigenvalue weighted by Crippen LogP contribution is -2.09. The second-order valence-corrected chi connectivity index (χ2v) is 3.52. The molecule has 0 radical (unpaired) electrons. The number of hydrogen-bond donors (Lipinski definition) is 2. The van der Waals surface area contributed by atoms with Crippen molar-refractivity contribution in [3.63, 3.8) is 0 Å². The van der Waals surface area contributed by atoms with Gasteiger partial charge in [0.1, 0.15) is 12.2 Å². The minimum absolute atomic E-state index is 0.185. The van der Waals surface area contributed by atoms with Crippen LogP contribution in [0.1, 0.15) is 5.69 Å². The number of anilines is 1. The van der Waals surface area contributed by atoms with Crippen molar-refractivity contribution < 1.29 is 9.90 Å². The summed E-state index contributed by atoms with van der Waals surface area (Å²) in [6.45, 7) is 0.264. The number of carbonyl (C=O) groups is 1. The summed E-state index contributed by atoms with van der Waals surface area (Å²) < 4.78 is 3.11. The number of carboxylic acid groups (broad SMARTS) is 1. The normalized spacial score (nSPS) is 10.4. The first kappa shape index (κ1) is 11.1. The van der Waals surface area contributed by atoms with Crippen molar-refractivity contribution in [2.24, 2.45) is 7.05 Å². The molecule has 2 N–H and O–H groups in total. The van der Waals surface area contributed by atoms with E-state index in [1.165, 1.54) is 4.68 Å². The monoisotopic (exact) mass is 236 g/mol. The Kier molecular flexibility index (Phi) is 3.03. The predicted octanol–water partition coefficient (Wildman–Crippen LogP) is -0.292. The van der Waals surface area contributed by atoms with Gasteiger partial charge >= 0.3 is 5.97 Å². The molecular formula is C9H12N6O2. The predicted molar refractivity (Wildman–Crippen MR) is 58.2 cm³/mol. The number of imidazole rings is 1. The molecule has 8 nitrogen and oxygen atoms in total. The molecule has 0 aromatic carbocycles. The van der Waals surface area contributed by atoms with E-state index < -0.39 is 5.97 Å². The van der Waals surface area contributed by atoms with Crippen molar-refractivity contribution in [2.45, 2.75) is 13.1 Å². The molecule has 0 aliphatic heterocycles. The van der Waals surface area contributed by atoms with Gasteiger partial charge in [0, 0.05) is 19.4 Å². The number of hydrogen-bond acceptors (Lipinski definition) is 5. The van der Waals surface area contributed by atoms with Crippen molar-refractivity contribution in [2.75, 3.05) is 5.32 Å². The fraction of sp³-hybridized carbons (Fsp3) is 0.333. The molecule has 0 saturated heterocycles. The minimum Gasteiger partial charge on any atom is -0.480 e. The fourth-order valence-corrected chi connectivity index (χ4v) is 1.34. The standard InChI is InChI=1S/C9H12N6O2/c1-14-3-2-10-9(14)11-4-7-5-15(13-12-7)6-8(16)17/h2-3,5H,4,6H2,1H3,(H,10,11)(H,16,17). The van der Waals surface area contributed by atoms with Crippen molar-refractivity contribution >= 4 is 11.9 Å². The Morgan fingerprint density at radius 3 is 3.06 bits per heavy atom. The minimum atomic E-state index is -0.946. The van der Waals surface area contributed by atoms with Gasteiger partial charge in [-0.1, -0.05) is 5.21 Å². The third kappa shape index (κ3) is 2.80. The Labute approximate surface area is 96.9 Å². The summed E-state index contributed by atoms with van der Waals surface area (Å²) in [5.41, 5.74) is 0.661. The van der Waals surface area contributed by atoms with Crippen molar-refractivity contribution in [3.05, 3.63) is 24.3 Å². The molecule has 0 fully saturated rings. The molecule has 8 heteroatoms. The van der Waals surface area contributed by atoms with Crippen LogP contribution in [0.2, 0.25) is 0 Å². The van der Waals surface area contributed by atoms with Gasteiger partial charge in [-0.3, -0.25) is 4.79 Å². The van der Waals surface area contributed by atoms with Crippen LogP contribution >= 0.6 is 0 Å². The maximum atomic E-state index is 10.4. The molecule has 2 aromatic rings. The third-order valence-electron chi connectivity index (χ3n) is 2.13. The van der Waals surface area contributed by atoms with Gasteiger partial charge in [0.15, 0.2) is 0 Å². The molecule has 0 aliphatic rings. The molecule has 0 spiro atoms. The number of carboxylic acids is 1. The van der Waals surface area contributed by atoms with Gasteiger partial charge in [0.25, 0.3) is 0 Å². The van der Waals surface area contributed by atoms with Crippen LogP contribution in [0.15, 0.2) is 18.6 Å². The molecule has 2 aromatic heterocycles. The van der Waals surface area contributed by atoms with Crippen LogP contribution < -0.4 is 5.32 Å². The van der Waals surface area contributed by atoms with Crippen LogP contribution in [0.4, 0.5) is 5.95 Å². The molecule has 0 amide bonds. The third-order valence-corrected chi connectivity index (χ3v) is 2.13. The van der Waals surface area contributed by atoms with Gasteiger partial charge in [-0.25, -0.2) is 9.67 Å². The molecule has 0 atom stereocenters. The number of aromatic nitrogens is 5. The van der Waals surface area contributed by atoms with E-state index >= 15 is 0 Å². The highest BCUT2D eigenvalue weighted by Crippen LogP contribution is 2.03. The summed E-state index contributed by atoms with van der Waals surface area (Å²) in [6.07, 6.45) is 5.09. The van der Waals surface area contributed by atoms with Crippen LogP contribution in [0.3, 0.4) is 0 Å². The van der Waals surface area contributed by atoms with Gasteiger partial charge in [0.05, 0.1) is 12.7 Å². The van der Waals surface area contributed by atoms with Gasteiger partial charge in [-0.05, 0) is 0 Å². The lowest BCUT2D eigenvalue weighted by atomic mass is 10.5. The van der Waals surface area contributed by atoms with Crippen LogP contribution in [0, 0.1) is 0 Å². The highest BCUT2D eigenvalue weighted by Gasteiger charge is 2.05. The van der Waals surface area contributed by atoms with Gasteiger partial charge in [-0.15, -0.1) is 5.10 Å². The van der Waals surface area contributed by atoms with Crippen LogP contribution in [0.25, 0.3) is 0 Å². The number of rotatable bonds is 5. The Morgan fingerprint density at radius 1 is 1.59 bits per heavy atom. The smallest absolute Gasteiger partial charge is 0.325 e. The van der Waals surface area contributed by atoms with E-state index in [0.29, 0.717) is 12.2 Å². The molecule has 0 aliphatic carbocycles. The summed E-state index contributed by atoms with van der Waals surface area (Å²) in [5.74, 6) is -0.226. The van der Waals surface area contributed by atoms with E-state index in [0.717, 1.165) is 5.95 Å². The first-order chi connectivity index (χ1) is 8.15. The lowest BCUT2D eigenvalue weighted by Gasteiger charge is -2.02. The molecule has 2 rings (SSSR count). The number of nitrogens with zero attached hydrogens (tertiary/aromatic N) is 5. The first-order valence-corrected chi connectivity index (χ1v) is 4.97. The summed E-state index contributed by atoms with van der Waals surface area (Å²) >= 11 is 0. The molecule has 0 saturated carbocycles. The van der Waals surface area contributed by atoms with E-state index in [9.17, 15) is 4.79 Å². The first-order valence-electron chi connectivity index (χ1n) is 4.97. The summed E-state index contributed by atoms with van der Waals surface area (Å²) in [4.78, 5) is 14.5. The van der Waals surface area contributed by atoms with Gasteiger partial charge in [0.2, 0.25) is 5.95 Å². The van der Waals surface area contributed by atoms with E-state index in [1.807, 2.05) is 17.8 Å². The quantitative estimate of drug-likeness (QED) is 0.740. The van der Waals surface area contributed by atoms with Gasteiger partial charge in [-0.2, -0.15) is 0 Å². The van der Waals surface area contributed by atoms with Crippen LogP contribution in [0.5, 0.6) is 0 Å². The number of nitrogens with one attached hydrogen (secondary N) is 1. The average Bonchev–Trinajstić information content (AvgIpc) is 2.84. The molecule has 2 heterocycles. The van der Waals surface area contributed by atoms with E-state index in [2.05, 4.69) is 20.6 Å². The summed E-state index contributed by atoms with van der Waals surface area (Å²) in [5, 5.41) is 19.2. The van der Waals surface area contributed by atoms with Crippen molar-refractivity contribution in [3.8, 4) is 0 Å². The maximum Gasteiger partial charge on any atom is 0.325 e. The van der Waals surface area contributed by atoms with Crippen LogP contribution in [-0.4, -0.2) is 35.6 Å². The average molecular weight is 236 g/mol. The molecular weight excluding hydrogens is 224 g/mol. The van der Waals surface area contributed by atoms with E-state index in [-0.39, 0.29) is 6.54 Å². The van der Waals surface area contributed by atoms with Crippen molar-refractivity contribution in [1.29, 1.82) is 0 Å². The largest absolute Gasteiger partial charge is 0.480 e. The number of aryl methyl sites for hydroxylation is 1. The lowest BCUT2D eigenvalue weighted by molar-refractivity contribution is -0.137. The van der Waals surface area contributed by atoms with Crippen LogP contribution in [-0.2, 0) is 24.9 Å². The Morgan fingerprint density at radius 2 is 2.41 bits per heavy atom. The Balaban J connectivity index is 1.93. The second kappa shape index (κ2) is 4.64. The summed E-state index contributed by atoms with van der Waals surface area (Å²) in [7, 11) is 1.87. The zero-order valence-corrected chi connectivity index (χ0v) is 9.24. The van der Waals surface area contributed by atoms with Gasteiger partial charge < -0.3 is 15.0 Å². The highest BCUT2D eigenvalue weighted by atomic mass is 16.4. The highest BCUT2D eigenvalue weighted by molar-refractivity contribution is 5.66. The molecule has 17 heavy (non-hydrogen) atoms. The van der Waals surface area contributed by atoms with Crippen molar-refractivity contribution in [1.82, 2.24) is 24.5 Å². The van der Waals surface area contributed by atoms with E-state index in [4.69, 9.17) is 5.11 Å². The zero-order chi connectivity index (χ0) is 12.3. The topological polar surface area (TPSA) is 97.9 Å². The Hall–Kier alpha value is -2.38. The Bertz CT molecular complexity index is 517. The molecule has 90 valence electrons. The fourth-order valence-electron chi connectivity index (χ4n) is 1.34. The molecule has 0 unspecified atom stereocenters. The maximum absolute atomic E-state index is 10.4. The molecule has 0 bridgehead atoms. The summed E-state index contributed by atoms with van der Waals surface area (Å²) in [6, 6.07) is 0.